The lowest BCUT2D eigenvalue weighted by atomic mass is 9.75. The molecule has 1 atom stereocenters. The molecule has 5 nitrogen and oxygen atoms in total. The average Bonchev–Trinajstić information content (AvgIpc) is 2.65. The summed E-state index contributed by atoms with van der Waals surface area (Å²) >= 11 is 3.40. The number of allylic oxidation sites excluding steroid dienone is 3. The second-order valence-electron chi connectivity index (χ2n) is 5.93. The van der Waals surface area contributed by atoms with E-state index >= 15 is 0 Å². The minimum absolute atomic E-state index is 0.102. The molecule has 2 aliphatic rings. The lowest BCUT2D eigenvalue weighted by molar-refractivity contribution is 0.0897. The van der Waals surface area contributed by atoms with Crippen molar-refractivity contribution in [3.63, 3.8) is 0 Å². The van der Waals surface area contributed by atoms with Gasteiger partial charge in [0.15, 0.2) is 11.5 Å². The summed E-state index contributed by atoms with van der Waals surface area (Å²) in [6.45, 7) is 0. The van der Waals surface area contributed by atoms with E-state index in [1.165, 1.54) is 0 Å². The summed E-state index contributed by atoms with van der Waals surface area (Å²) in [5.74, 6) is -1.76. The number of rotatable bonds is 1. The molecular weight excluding hydrogens is 396 g/mol. The van der Waals surface area contributed by atoms with Gasteiger partial charge in [0.05, 0.1) is 11.5 Å². The van der Waals surface area contributed by atoms with Gasteiger partial charge in [-0.05, 0) is 17.7 Å². The molecule has 1 aliphatic heterocycles. The summed E-state index contributed by atoms with van der Waals surface area (Å²) in [6, 6.07) is 15.8. The molecule has 0 saturated carbocycles. The van der Waals surface area contributed by atoms with Gasteiger partial charge in [-0.1, -0.05) is 52.3 Å². The highest BCUT2D eigenvalue weighted by atomic mass is 79.9. The zero-order valence-corrected chi connectivity index (χ0v) is 14.9. The molecule has 0 fully saturated rings. The first-order chi connectivity index (χ1) is 12.5. The van der Waals surface area contributed by atoms with Gasteiger partial charge < -0.3 is 10.5 Å². The molecule has 2 aromatic rings. The van der Waals surface area contributed by atoms with E-state index in [9.17, 15) is 14.9 Å². The Morgan fingerprint density at radius 3 is 2.38 bits per heavy atom. The number of nitriles is 1. The van der Waals surface area contributed by atoms with Crippen molar-refractivity contribution in [1.29, 1.82) is 5.26 Å². The minimum atomic E-state index is -0.758. The molecule has 1 heterocycles. The summed E-state index contributed by atoms with van der Waals surface area (Å²) in [7, 11) is 0. The summed E-state index contributed by atoms with van der Waals surface area (Å²) in [6.07, 6.45) is 0. The van der Waals surface area contributed by atoms with Gasteiger partial charge >= 0.3 is 0 Å². The predicted molar refractivity (Wildman–Crippen MR) is 96.9 cm³/mol. The van der Waals surface area contributed by atoms with Crippen molar-refractivity contribution < 1.29 is 14.3 Å². The fraction of sp³-hybridized carbons (Fsp3) is 0.0500. The monoisotopic (exact) mass is 406 g/mol. The number of benzene rings is 2. The SMILES string of the molecule is N#CC1=C(N)OC2=C(C(=O)c3ccccc3C2=O)C1c1cccc(Br)c1. The Labute approximate surface area is 157 Å². The van der Waals surface area contributed by atoms with E-state index in [1.54, 1.807) is 42.5 Å². The normalized spacial score (nSPS) is 18.8. The van der Waals surface area contributed by atoms with Crippen molar-refractivity contribution in [1.82, 2.24) is 0 Å². The molecular formula is C20H11BrN2O3. The van der Waals surface area contributed by atoms with Crippen LogP contribution >= 0.6 is 15.9 Å². The van der Waals surface area contributed by atoms with E-state index in [0.717, 1.165) is 4.47 Å². The van der Waals surface area contributed by atoms with Gasteiger partial charge in [-0.2, -0.15) is 5.26 Å². The largest absolute Gasteiger partial charge is 0.436 e. The van der Waals surface area contributed by atoms with Crippen molar-refractivity contribution in [2.45, 2.75) is 5.92 Å². The third-order valence-electron chi connectivity index (χ3n) is 4.47. The number of fused-ring (bicyclic) bond motifs is 1. The van der Waals surface area contributed by atoms with E-state index in [1.807, 2.05) is 12.1 Å². The Kier molecular flexibility index (Phi) is 3.74. The topological polar surface area (TPSA) is 93.2 Å². The molecule has 0 radical (unpaired) electrons. The third kappa shape index (κ3) is 2.29. The van der Waals surface area contributed by atoms with Crippen LogP contribution in [0.4, 0.5) is 0 Å². The maximum Gasteiger partial charge on any atom is 0.229 e. The van der Waals surface area contributed by atoms with Crippen LogP contribution in [-0.4, -0.2) is 11.6 Å². The first kappa shape index (κ1) is 16.3. The Hall–Kier alpha value is -3.17. The minimum Gasteiger partial charge on any atom is -0.436 e. The summed E-state index contributed by atoms with van der Waals surface area (Å²) in [5, 5.41) is 9.60. The summed E-state index contributed by atoms with van der Waals surface area (Å²) in [5.41, 5.74) is 7.43. The summed E-state index contributed by atoms with van der Waals surface area (Å²) in [4.78, 5) is 26.0. The second-order valence-corrected chi connectivity index (χ2v) is 6.84. The van der Waals surface area contributed by atoms with E-state index in [-0.39, 0.29) is 34.1 Å². The maximum absolute atomic E-state index is 13.2. The second kappa shape index (κ2) is 5.97. The number of ether oxygens (including phenoxy) is 1. The van der Waals surface area contributed by atoms with Crippen LogP contribution < -0.4 is 5.73 Å². The van der Waals surface area contributed by atoms with Crippen LogP contribution in [0.25, 0.3) is 0 Å². The number of hydrogen-bond acceptors (Lipinski definition) is 5. The fourth-order valence-corrected chi connectivity index (χ4v) is 3.74. The number of nitrogens with two attached hydrogens (primary N) is 1. The zero-order chi connectivity index (χ0) is 18.4. The molecule has 0 amide bonds. The fourth-order valence-electron chi connectivity index (χ4n) is 3.33. The molecule has 26 heavy (non-hydrogen) atoms. The number of ketones is 2. The standard InChI is InChI=1S/C20H11BrN2O3/c21-11-5-3-4-10(8-11)15-14(9-22)20(23)26-19-16(15)17(24)12-6-1-2-7-13(12)18(19)25/h1-8,15H,23H2. The van der Waals surface area contributed by atoms with Crippen LogP contribution in [0.3, 0.4) is 0 Å². The van der Waals surface area contributed by atoms with E-state index in [0.29, 0.717) is 11.1 Å². The highest BCUT2D eigenvalue weighted by Crippen LogP contribution is 2.44. The van der Waals surface area contributed by atoms with Crippen LogP contribution in [0, 0.1) is 11.3 Å². The first-order valence-corrected chi connectivity index (χ1v) is 8.58. The van der Waals surface area contributed by atoms with Crippen molar-refractivity contribution >= 4 is 27.5 Å². The number of carbonyl (C=O) groups excluding carboxylic acids is 2. The Morgan fingerprint density at radius 1 is 1.04 bits per heavy atom. The van der Waals surface area contributed by atoms with Crippen molar-refractivity contribution in [2.75, 3.05) is 0 Å². The lowest BCUT2D eigenvalue weighted by Gasteiger charge is -2.31. The van der Waals surface area contributed by atoms with Gasteiger partial charge in [0.2, 0.25) is 11.7 Å². The Bertz CT molecular complexity index is 1090. The molecule has 0 aromatic heterocycles. The lowest BCUT2D eigenvalue weighted by Crippen LogP contribution is -2.32. The van der Waals surface area contributed by atoms with Gasteiger partial charge in [0.1, 0.15) is 11.6 Å². The molecule has 1 aliphatic carbocycles. The van der Waals surface area contributed by atoms with Crippen LogP contribution in [0.2, 0.25) is 0 Å². The molecule has 2 N–H and O–H groups in total. The van der Waals surface area contributed by atoms with E-state index < -0.39 is 11.7 Å². The highest BCUT2D eigenvalue weighted by Gasteiger charge is 2.43. The van der Waals surface area contributed by atoms with Gasteiger partial charge in [-0.3, -0.25) is 9.59 Å². The molecule has 1 unspecified atom stereocenters. The quantitative estimate of drug-likeness (QED) is 0.780. The third-order valence-corrected chi connectivity index (χ3v) is 4.96. The molecule has 4 rings (SSSR count). The Morgan fingerprint density at radius 2 is 1.73 bits per heavy atom. The van der Waals surface area contributed by atoms with Crippen LogP contribution in [0.15, 0.2) is 75.8 Å². The van der Waals surface area contributed by atoms with Gasteiger partial charge in [0.25, 0.3) is 0 Å². The molecule has 0 bridgehead atoms. The van der Waals surface area contributed by atoms with Crippen LogP contribution in [0.5, 0.6) is 0 Å². The molecule has 6 heteroatoms. The Balaban J connectivity index is 1.99. The summed E-state index contributed by atoms with van der Waals surface area (Å²) < 4.78 is 6.23. The van der Waals surface area contributed by atoms with Gasteiger partial charge in [-0.15, -0.1) is 0 Å². The number of nitrogens with zero attached hydrogens (tertiary/aromatic N) is 1. The van der Waals surface area contributed by atoms with Gasteiger partial charge in [-0.25, -0.2) is 0 Å². The van der Waals surface area contributed by atoms with E-state index in [2.05, 4.69) is 15.9 Å². The van der Waals surface area contributed by atoms with Crippen LogP contribution in [-0.2, 0) is 4.74 Å². The number of halogens is 1. The first-order valence-electron chi connectivity index (χ1n) is 7.78. The molecule has 0 saturated heterocycles. The average molecular weight is 407 g/mol. The number of hydrogen-bond donors (Lipinski definition) is 1. The smallest absolute Gasteiger partial charge is 0.229 e. The van der Waals surface area contributed by atoms with Crippen LogP contribution in [0.1, 0.15) is 32.2 Å². The van der Waals surface area contributed by atoms with Crippen molar-refractivity contribution in [2.24, 2.45) is 5.73 Å². The zero-order valence-electron chi connectivity index (χ0n) is 13.3. The van der Waals surface area contributed by atoms with E-state index in [4.69, 9.17) is 10.5 Å². The predicted octanol–water partition coefficient (Wildman–Crippen LogP) is 3.59. The molecule has 0 spiro atoms. The van der Waals surface area contributed by atoms with Crippen molar-refractivity contribution in [3.8, 4) is 6.07 Å². The molecule has 126 valence electrons. The highest BCUT2D eigenvalue weighted by molar-refractivity contribution is 9.10. The molecule has 2 aromatic carbocycles. The van der Waals surface area contributed by atoms with Gasteiger partial charge in [0, 0.05) is 15.6 Å². The van der Waals surface area contributed by atoms with Crippen molar-refractivity contribution in [3.05, 3.63) is 92.5 Å². The maximum atomic E-state index is 13.2. The number of Topliss-reactive ketones (excluding diaryl/α,β-unsaturated/α-hetero) is 2. The number of carbonyl (C=O) groups is 2.